The molecule has 0 aliphatic heterocycles. The summed E-state index contributed by atoms with van der Waals surface area (Å²) in [5, 5.41) is 7.31. The van der Waals surface area contributed by atoms with Gasteiger partial charge in [-0.3, -0.25) is 0 Å². The zero-order chi connectivity index (χ0) is 13.0. The lowest BCUT2D eigenvalue weighted by atomic mass is 9.96. The number of nitrogens with two attached hydrogens (primary N) is 1. The Labute approximate surface area is 107 Å². The van der Waals surface area contributed by atoms with Crippen LogP contribution in [0.4, 0.5) is 0 Å². The molecule has 2 aromatic rings. The lowest BCUT2D eigenvalue weighted by molar-refractivity contribution is 1.43. The van der Waals surface area contributed by atoms with Gasteiger partial charge in [0.15, 0.2) is 0 Å². The average Bonchev–Trinajstić information content (AvgIpc) is 2.41. The first-order chi connectivity index (χ1) is 8.76. The summed E-state index contributed by atoms with van der Waals surface area (Å²) in [6.45, 7) is 2.07. The van der Waals surface area contributed by atoms with E-state index >= 15 is 0 Å². The summed E-state index contributed by atoms with van der Waals surface area (Å²) in [6.07, 6.45) is 2.74. The Morgan fingerprint density at radius 2 is 1.83 bits per heavy atom. The Balaban J connectivity index is 2.46. The Morgan fingerprint density at radius 1 is 1.11 bits per heavy atom. The van der Waals surface area contributed by atoms with Crippen molar-refractivity contribution >= 4 is 11.8 Å². The molecule has 0 radical (unpaired) electrons. The topological polar surface area (TPSA) is 49.9 Å². The van der Waals surface area contributed by atoms with Gasteiger partial charge in [0.1, 0.15) is 0 Å². The summed E-state index contributed by atoms with van der Waals surface area (Å²) < 4.78 is 0. The minimum absolute atomic E-state index is 0.734. The third kappa shape index (κ3) is 2.33. The number of allylic oxidation sites excluding steroid dienone is 1. The molecule has 0 heterocycles. The van der Waals surface area contributed by atoms with E-state index in [1.165, 1.54) is 29.1 Å². The molecule has 0 aromatic heterocycles. The largest absolute Gasteiger partial charge is 0.404 e. The molecule has 0 bridgehead atoms. The molecule has 0 spiro atoms. The molecule has 2 rings (SSSR count). The summed E-state index contributed by atoms with van der Waals surface area (Å²) in [5.41, 5.74) is 10.8. The Morgan fingerprint density at radius 3 is 2.39 bits per heavy atom. The van der Waals surface area contributed by atoms with Crippen molar-refractivity contribution in [1.29, 1.82) is 5.41 Å². The Hall–Kier alpha value is -2.35. The van der Waals surface area contributed by atoms with Gasteiger partial charge in [-0.05, 0) is 29.2 Å². The standard InChI is InChI=1S/C16H16N2/c1-12-9-14(15(10-17)11-18)7-8-16(12)13-5-3-2-4-6-13/h2-11,17H,18H2,1H3/b15-11+,17-10?. The molecule has 90 valence electrons. The molecule has 2 nitrogen and oxygen atoms in total. The summed E-state index contributed by atoms with van der Waals surface area (Å²) in [5.74, 6) is 0. The van der Waals surface area contributed by atoms with Crippen LogP contribution in [0, 0.1) is 12.3 Å². The first-order valence-electron chi connectivity index (χ1n) is 5.85. The van der Waals surface area contributed by atoms with E-state index in [9.17, 15) is 0 Å². The van der Waals surface area contributed by atoms with Crippen molar-refractivity contribution < 1.29 is 0 Å². The van der Waals surface area contributed by atoms with Crippen LogP contribution in [-0.2, 0) is 0 Å². The van der Waals surface area contributed by atoms with Crippen LogP contribution in [0.5, 0.6) is 0 Å². The molecule has 0 fully saturated rings. The Kier molecular flexibility index (Phi) is 3.58. The van der Waals surface area contributed by atoms with Crippen LogP contribution >= 0.6 is 0 Å². The summed E-state index contributed by atoms with van der Waals surface area (Å²) >= 11 is 0. The molecule has 2 heteroatoms. The first kappa shape index (κ1) is 12.1. The number of nitrogens with one attached hydrogen (secondary N) is 1. The van der Waals surface area contributed by atoms with Gasteiger partial charge in [0.25, 0.3) is 0 Å². The van der Waals surface area contributed by atoms with E-state index in [-0.39, 0.29) is 0 Å². The van der Waals surface area contributed by atoms with E-state index < -0.39 is 0 Å². The molecule has 0 saturated carbocycles. The quantitative estimate of drug-likeness (QED) is 0.786. The fourth-order valence-electron chi connectivity index (χ4n) is 2.01. The maximum Gasteiger partial charge on any atom is 0.0270 e. The predicted octanol–water partition coefficient (Wildman–Crippen LogP) is 3.61. The molecule has 0 amide bonds. The maximum atomic E-state index is 7.31. The Bertz CT molecular complexity index is 583. The lowest BCUT2D eigenvalue weighted by Gasteiger charge is -2.09. The zero-order valence-electron chi connectivity index (χ0n) is 10.4. The van der Waals surface area contributed by atoms with Gasteiger partial charge in [0.2, 0.25) is 0 Å². The van der Waals surface area contributed by atoms with Crippen molar-refractivity contribution in [3.05, 3.63) is 65.9 Å². The smallest absolute Gasteiger partial charge is 0.0270 e. The fraction of sp³-hybridized carbons (Fsp3) is 0.0625. The minimum Gasteiger partial charge on any atom is -0.404 e. The first-order valence-corrected chi connectivity index (χ1v) is 5.85. The van der Waals surface area contributed by atoms with Gasteiger partial charge in [-0.2, -0.15) is 0 Å². The summed E-state index contributed by atoms with van der Waals surface area (Å²) in [7, 11) is 0. The lowest BCUT2D eigenvalue weighted by Crippen LogP contribution is -1.92. The van der Waals surface area contributed by atoms with Crippen molar-refractivity contribution in [3.63, 3.8) is 0 Å². The molecule has 0 aliphatic rings. The van der Waals surface area contributed by atoms with E-state index in [4.69, 9.17) is 11.1 Å². The van der Waals surface area contributed by atoms with Crippen LogP contribution < -0.4 is 5.73 Å². The molecule has 18 heavy (non-hydrogen) atoms. The van der Waals surface area contributed by atoms with Crippen LogP contribution in [-0.4, -0.2) is 6.21 Å². The van der Waals surface area contributed by atoms with Crippen molar-refractivity contribution in [3.8, 4) is 11.1 Å². The van der Waals surface area contributed by atoms with E-state index in [0.717, 1.165) is 11.1 Å². The second-order valence-electron chi connectivity index (χ2n) is 4.16. The van der Waals surface area contributed by atoms with Gasteiger partial charge >= 0.3 is 0 Å². The van der Waals surface area contributed by atoms with Crippen molar-refractivity contribution in [2.24, 2.45) is 5.73 Å². The van der Waals surface area contributed by atoms with Crippen LogP contribution in [0.25, 0.3) is 16.7 Å². The monoisotopic (exact) mass is 236 g/mol. The summed E-state index contributed by atoms with van der Waals surface area (Å²) in [6, 6.07) is 16.4. The van der Waals surface area contributed by atoms with Crippen molar-refractivity contribution in [1.82, 2.24) is 0 Å². The number of rotatable bonds is 3. The predicted molar refractivity (Wildman–Crippen MR) is 77.6 cm³/mol. The average molecular weight is 236 g/mol. The highest BCUT2D eigenvalue weighted by Crippen LogP contribution is 2.25. The molecule has 3 N–H and O–H groups in total. The van der Waals surface area contributed by atoms with Crippen LogP contribution in [0.1, 0.15) is 11.1 Å². The van der Waals surface area contributed by atoms with E-state index in [1.807, 2.05) is 24.3 Å². The van der Waals surface area contributed by atoms with E-state index in [2.05, 4.69) is 31.2 Å². The second-order valence-corrected chi connectivity index (χ2v) is 4.16. The highest BCUT2D eigenvalue weighted by atomic mass is 14.5. The fourth-order valence-corrected chi connectivity index (χ4v) is 2.01. The van der Waals surface area contributed by atoms with Crippen LogP contribution in [0.3, 0.4) is 0 Å². The second kappa shape index (κ2) is 5.32. The third-order valence-electron chi connectivity index (χ3n) is 2.98. The SMILES string of the molecule is Cc1cc(/C(C=N)=C/N)ccc1-c1ccccc1. The summed E-state index contributed by atoms with van der Waals surface area (Å²) in [4.78, 5) is 0. The zero-order valence-corrected chi connectivity index (χ0v) is 10.4. The molecule has 2 aromatic carbocycles. The highest BCUT2D eigenvalue weighted by molar-refractivity contribution is 6.08. The van der Waals surface area contributed by atoms with Gasteiger partial charge in [-0.15, -0.1) is 0 Å². The minimum atomic E-state index is 0.734. The molecular weight excluding hydrogens is 220 g/mol. The highest BCUT2D eigenvalue weighted by Gasteiger charge is 2.04. The van der Waals surface area contributed by atoms with Gasteiger partial charge < -0.3 is 11.1 Å². The number of hydrogen-bond donors (Lipinski definition) is 2. The van der Waals surface area contributed by atoms with Crippen LogP contribution in [0.15, 0.2) is 54.7 Å². The van der Waals surface area contributed by atoms with Gasteiger partial charge in [-0.1, -0.05) is 48.5 Å². The van der Waals surface area contributed by atoms with Gasteiger partial charge in [-0.25, -0.2) is 0 Å². The van der Waals surface area contributed by atoms with E-state index in [0.29, 0.717) is 0 Å². The molecule has 0 atom stereocenters. The molecule has 0 saturated heterocycles. The van der Waals surface area contributed by atoms with Crippen molar-refractivity contribution in [2.75, 3.05) is 0 Å². The molecule has 0 aliphatic carbocycles. The number of benzene rings is 2. The van der Waals surface area contributed by atoms with Gasteiger partial charge in [0, 0.05) is 18.0 Å². The molecular formula is C16H16N2. The third-order valence-corrected chi connectivity index (χ3v) is 2.98. The number of aryl methyl sites for hydroxylation is 1. The maximum absolute atomic E-state index is 7.31. The number of hydrogen-bond acceptors (Lipinski definition) is 2. The van der Waals surface area contributed by atoms with Crippen LogP contribution in [0.2, 0.25) is 0 Å². The van der Waals surface area contributed by atoms with Crippen molar-refractivity contribution in [2.45, 2.75) is 6.92 Å². The molecule has 0 unspecified atom stereocenters. The van der Waals surface area contributed by atoms with Gasteiger partial charge in [0.05, 0.1) is 0 Å². The van der Waals surface area contributed by atoms with E-state index in [1.54, 1.807) is 0 Å². The normalized spacial score (nSPS) is 11.3.